The lowest BCUT2D eigenvalue weighted by molar-refractivity contribution is 0.0787. The van der Waals surface area contributed by atoms with Gasteiger partial charge in [-0.2, -0.15) is 0 Å². The van der Waals surface area contributed by atoms with Crippen molar-refractivity contribution in [1.29, 1.82) is 0 Å². The Bertz CT molecular complexity index is 445. The van der Waals surface area contributed by atoms with Gasteiger partial charge in [0.05, 0.1) is 13.2 Å². The molecule has 0 bridgehead atoms. The average Bonchev–Trinajstić information content (AvgIpc) is 2.34. The van der Waals surface area contributed by atoms with E-state index in [1.165, 1.54) is 5.56 Å². The normalized spacial score (nSPS) is 12.8. The van der Waals surface area contributed by atoms with Crippen LogP contribution in [0.1, 0.15) is 40.9 Å². The van der Waals surface area contributed by atoms with Crippen molar-refractivity contribution in [3.8, 4) is 0 Å². The Balaban J connectivity index is 2.90. The summed E-state index contributed by atoms with van der Waals surface area (Å²) in [7, 11) is 1.69. The standard InChI is InChI=1S/C17H27NO2/c1-7-18(15(5)11-20-6)10-16(19)17-13(3)8-12(2)9-14(17)4/h8-9,15H,7,10-11H2,1-6H3. The molecule has 3 heteroatoms. The first-order valence-electron chi connectivity index (χ1n) is 7.24. The fourth-order valence-electron chi connectivity index (χ4n) is 2.81. The molecule has 1 aromatic carbocycles. The van der Waals surface area contributed by atoms with E-state index >= 15 is 0 Å². The minimum atomic E-state index is 0.199. The van der Waals surface area contributed by atoms with Crippen LogP contribution in [0.2, 0.25) is 0 Å². The Labute approximate surface area is 122 Å². The number of methoxy groups -OCH3 is 1. The van der Waals surface area contributed by atoms with Crippen molar-refractivity contribution in [1.82, 2.24) is 4.90 Å². The van der Waals surface area contributed by atoms with E-state index in [0.29, 0.717) is 13.2 Å². The van der Waals surface area contributed by atoms with E-state index in [0.717, 1.165) is 23.2 Å². The molecule has 0 fully saturated rings. The number of carbonyl (C=O) groups is 1. The molecule has 3 nitrogen and oxygen atoms in total. The van der Waals surface area contributed by atoms with Gasteiger partial charge in [0, 0.05) is 18.7 Å². The summed E-state index contributed by atoms with van der Waals surface area (Å²) in [5.74, 6) is 0.199. The molecule has 0 saturated carbocycles. The molecule has 1 aromatic rings. The van der Waals surface area contributed by atoms with Crippen LogP contribution in [0, 0.1) is 20.8 Å². The zero-order chi connectivity index (χ0) is 15.3. The third-order valence-corrected chi connectivity index (χ3v) is 3.74. The van der Waals surface area contributed by atoms with Crippen LogP contribution in [0.4, 0.5) is 0 Å². The van der Waals surface area contributed by atoms with Crippen molar-refractivity contribution in [3.63, 3.8) is 0 Å². The lowest BCUT2D eigenvalue weighted by Crippen LogP contribution is -2.40. The van der Waals surface area contributed by atoms with Gasteiger partial charge in [-0.05, 0) is 45.4 Å². The van der Waals surface area contributed by atoms with E-state index in [4.69, 9.17) is 4.74 Å². The Morgan fingerprint density at radius 3 is 2.25 bits per heavy atom. The number of benzene rings is 1. The number of hydrogen-bond donors (Lipinski definition) is 0. The second-order valence-corrected chi connectivity index (χ2v) is 5.56. The fourth-order valence-corrected chi connectivity index (χ4v) is 2.81. The molecule has 0 radical (unpaired) electrons. The largest absolute Gasteiger partial charge is 0.383 e. The van der Waals surface area contributed by atoms with Crippen molar-refractivity contribution in [3.05, 3.63) is 34.4 Å². The molecule has 0 heterocycles. The summed E-state index contributed by atoms with van der Waals surface area (Å²) in [6.45, 7) is 12.2. The first-order valence-corrected chi connectivity index (χ1v) is 7.24. The van der Waals surface area contributed by atoms with E-state index < -0.39 is 0 Å². The predicted molar refractivity (Wildman–Crippen MR) is 83.6 cm³/mol. The van der Waals surface area contributed by atoms with Crippen molar-refractivity contribution in [2.24, 2.45) is 0 Å². The molecular weight excluding hydrogens is 250 g/mol. The van der Waals surface area contributed by atoms with E-state index in [-0.39, 0.29) is 11.8 Å². The molecule has 1 unspecified atom stereocenters. The van der Waals surface area contributed by atoms with Crippen LogP contribution in [-0.4, -0.2) is 43.5 Å². The highest BCUT2D eigenvalue weighted by Gasteiger charge is 2.19. The van der Waals surface area contributed by atoms with Gasteiger partial charge in [-0.1, -0.05) is 24.6 Å². The molecule has 0 N–H and O–H groups in total. The van der Waals surface area contributed by atoms with Crippen LogP contribution in [0.25, 0.3) is 0 Å². The third-order valence-electron chi connectivity index (χ3n) is 3.74. The summed E-state index contributed by atoms with van der Waals surface area (Å²) in [6.07, 6.45) is 0. The van der Waals surface area contributed by atoms with Gasteiger partial charge in [0.25, 0.3) is 0 Å². The highest BCUT2D eigenvalue weighted by molar-refractivity contribution is 6.00. The highest BCUT2D eigenvalue weighted by Crippen LogP contribution is 2.18. The topological polar surface area (TPSA) is 29.5 Å². The molecule has 1 rings (SSSR count). The minimum absolute atomic E-state index is 0.199. The molecule has 0 aliphatic rings. The number of rotatable bonds is 7. The van der Waals surface area contributed by atoms with Gasteiger partial charge in [-0.25, -0.2) is 0 Å². The smallest absolute Gasteiger partial charge is 0.177 e. The molecule has 0 aliphatic heterocycles. The van der Waals surface area contributed by atoms with Gasteiger partial charge in [0.15, 0.2) is 5.78 Å². The number of Topliss-reactive ketones (excluding diaryl/α,β-unsaturated/α-hetero) is 1. The lowest BCUT2D eigenvalue weighted by atomic mass is 9.96. The maximum Gasteiger partial charge on any atom is 0.177 e. The van der Waals surface area contributed by atoms with E-state index in [9.17, 15) is 4.79 Å². The Kier molecular flexibility index (Phi) is 6.37. The number of carbonyl (C=O) groups excluding carboxylic acids is 1. The molecule has 0 aliphatic carbocycles. The van der Waals surface area contributed by atoms with Crippen LogP contribution in [0.3, 0.4) is 0 Å². The number of ketones is 1. The average molecular weight is 277 g/mol. The second kappa shape index (κ2) is 7.55. The highest BCUT2D eigenvalue weighted by atomic mass is 16.5. The van der Waals surface area contributed by atoms with Crippen LogP contribution < -0.4 is 0 Å². The molecule has 0 spiro atoms. The maximum atomic E-state index is 12.6. The van der Waals surface area contributed by atoms with Crippen molar-refractivity contribution >= 4 is 5.78 Å². The van der Waals surface area contributed by atoms with E-state index in [1.54, 1.807) is 7.11 Å². The van der Waals surface area contributed by atoms with Crippen LogP contribution in [0.5, 0.6) is 0 Å². The summed E-state index contributed by atoms with van der Waals surface area (Å²) < 4.78 is 5.18. The van der Waals surface area contributed by atoms with Crippen LogP contribution in [-0.2, 0) is 4.74 Å². The predicted octanol–water partition coefficient (Wildman–Crippen LogP) is 3.15. The maximum absolute atomic E-state index is 12.6. The van der Waals surface area contributed by atoms with E-state index in [1.807, 2.05) is 13.8 Å². The van der Waals surface area contributed by atoms with Crippen LogP contribution >= 0.6 is 0 Å². The number of aryl methyl sites for hydroxylation is 3. The number of hydrogen-bond acceptors (Lipinski definition) is 3. The first-order chi connectivity index (χ1) is 9.40. The Morgan fingerprint density at radius 1 is 1.25 bits per heavy atom. The van der Waals surface area contributed by atoms with Crippen molar-refractivity contribution < 1.29 is 9.53 Å². The fraction of sp³-hybridized carbons (Fsp3) is 0.588. The third kappa shape index (κ3) is 4.15. The molecule has 1 atom stereocenters. The lowest BCUT2D eigenvalue weighted by Gasteiger charge is -2.27. The summed E-state index contributed by atoms with van der Waals surface area (Å²) in [6, 6.07) is 4.41. The van der Waals surface area contributed by atoms with Crippen LogP contribution in [0.15, 0.2) is 12.1 Å². The van der Waals surface area contributed by atoms with E-state index in [2.05, 4.69) is 37.8 Å². The van der Waals surface area contributed by atoms with Crippen molar-refractivity contribution in [2.45, 2.75) is 40.7 Å². The monoisotopic (exact) mass is 277 g/mol. The minimum Gasteiger partial charge on any atom is -0.383 e. The van der Waals surface area contributed by atoms with Gasteiger partial charge in [0.2, 0.25) is 0 Å². The summed E-state index contributed by atoms with van der Waals surface area (Å²) in [5.41, 5.74) is 4.22. The zero-order valence-electron chi connectivity index (χ0n) is 13.6. The quantitative estimate of drug-likeness (QED) is 0.717. The Morgan fingerprint density at radius 2 is 1.80 bits per heavy atom. The van der Waals surface area contributed by atoms with Gasteiger partial charge < -0.3 is 4.74 Å². The number of nitrogens with zero attached hydrogens (tertiary/aromatic N) is 1. The summed E-state index contributed by atoms with van der Waals surface area (Å²) >= 11 is 0. The second-order valence-electron chi connectivity index (χ2n) is 5.56. The first kappa shape index (κ1) is 16.9. The molecule has 20 heavy (non-hydrogen) atoms. The SMILES string of the molecule is CCN(CC(=O)c1c(C)cc(C)cc1C)C(C)COC. The zero-order valence-corrected chi connectivity index (χ0v) is 13.6. The molecule has 112 valence electrons. The van der Waals surface area contributed by atoms with Gasteiger partial charge in [0.1, 0.15) is 0 Å². The molecule has 0 aromatic heterocycles. The number of likely N-dealkylation sites (N-methyl/N-ethyl adjacent to an activating group) is 1. The Hall–Kier alpha value is -1.19. The van der Waals surface area contributed by atoms with Gasteiger partial charge >= 0.3 is 0 Å². The molecular formula is C17H27NO2. The van der Waals surface area contributed by atoms with Gasteiger partial charge in [-0.3, -0.25) is 9.69 Å². The molecule has 0 amide bonds. The molecule has 0 saturated heterocycles. The number of ether oxygens (including phenoxy) is 1. The summed E-state index contributed by atoms with van der Waals surface area (Å²) in [5, 5.41) is 0. The van der Waals surface area contributed by atoms with Gasteiger partial charge in [-0.15, -0.1) is 0 Å². The van der Waals surface area contributed by atoms with Crippen molar-refractivity contribution in [2.75, 3.05) is 26.8 Å². The summed E-state index contributed by atoms with van der Waals surface area (Å²) in [4.78, 5) is 14.8.